The maximum Gasteiger partial charge on any atom is 0.213 e. The van der Waals surface area contributed by atoms with Gasteiger partial charge < -0.3 is 19.7 Å². The summed E-state index contributed by atoms with van der Waals surface area (Å²) in [7, 11) is -3.96. The fourth-order valence-electron chi connectivity index (χ4n) is 2.03. The van der Waals surface area contributed by atoms with Crippen LogP contribution >= 0.6 is 0 Å². The second kappa shape index (κ2) is 6.99. The largest absolute Gasteiger partial charge is 0.464 e. The summed E-state index contributed by atoms with van der Waals surface area (Å²) in [5.74, 6) is 0.0729. The number of aliphatic hydroxyl groups is 2. The molecule has 2 aromatic rings. The van der Waals surface area contributed by atoms with Gasteiger partial charge in [-0.3, -0.25) is 0 Å². The van der Waals surface area contributed by atoms with Crippen molar-refractivity contribution in [3.8, 4) is 11.5 Å². The van der Waals surface area contributed by atoms with Crippen molar-refractivity contribution in [3.63, 3.8) is 0 Å². The van der Waals surface area contributed by atoms with Gasteiger partial charge in [-0.05, 0) is 38.1 Å². The fraction of sp³-hybridized carbons (Fsp3) is 0.250. The summed E-state index contributed by atoms with van der Waals surface area (Å²) in [4.78, 5) is -0.190. The molecule has 2 rings (SSSR count). The van der Waals surface area contributed by atoms with Crippen LogP contribution in [0.15, 0.2) is 58.3 Å². The minimum atomic E-state index is -3.96. The lowest BCUT2D eigenvalue weighted by atomic mass is 10.3. The van der Waals surface area contributed by atoms with Crippen LogP contribution in [0.4, 0.5) is 0 Å². The van der Waals surface area contributed by atoms with E-state index in [1.54, 1.807) is 24.3 Å². The van der Waals surface area contributed by atoms with Gasteiger partial charge in [-0.15, -0.1) is 0 Å². The lowest BCUT2D eigenvalue weighted by molar-refractivity contribution is -0.00247. The molecular formula is C16H18O6S. The van der Waals surface area contributed by atoms with Gasteiger partial charge in [-0.2, -0.15) is 0 Å². The van der Waals surface area contributed by atoms with E-state index in [2.05, 4.69) is 0 Å². The molecule has 2 N–H and O–H groups in total. The SMILES string of the molecule is CC(O)Oc1ccccc1S(=O)(=O)c1ccccc1OC(C)O. The van der Waals surface area contributed by atoms with Gasteiger partial charge in [0, 0.05) is 0 Å². The Morgan fingerprint density at radius 1 is 0.783 bits per heavy atom. The summed E-state index contributed by atoms with van der Waals surface area (Å²) in [6.07, 6.45) is -2.31. The quantitative estimate of drug-likeness (QED) is 0.782. The number of hydrogen-bond donors (Lipinski definition) is 2. The summed E-state index contributed by atoms with van der Waals surface area (Å²) >= 11 is 0. The first-order valence-corrected chi connectivity index (χ1v) is 8.43. The molecule has 0 saturated carbocycles. The second-order valence-electron chi connectivity index (χ2n) is 4.83. The van der Waals surface area contributed by atoms with Crippen molar-refractivity contribution in [1.29, 1.82) is 0 Å². The molecule has 0 aliphatic rings. The predicted octanol–water partition coefficient (Wildman–Crippen LogP) is 1.95. The molecule has 6 nitrogen and oxygen atoms in total. The molecule has 0 aromatic heterocycles. The molecule has 0 fully saturated rings. The first-order chi connectivity index (χ1) is 10.8. The van der Waals surface area contributed by atoms with E-state index in [0.29, 0.717) is 0 Å². The Hall–Kier alpha value is -2.09. The second-order valence-corrected chi connectivity index (χ2v) is 6.72. The molecule has 0 spiro atoms. The Kier molecular flexibility index (Phi) is 5.25. The number of para-hydroxylation sites is 2. The van der Waals surface area contributed by atoms with Crippen LogP contribution in [0.25, 0.3) is 0 Å². The Balaban J connectivity index is 2.56. The summed E-state index contributed by atoms with van der Waals surface area (Å²) in [5.41, 5.74) is 0. The van der Waals surface area contributed by atoms with Crippen molar-refractivity contribution in [2.45, 2.75) is 36.2 Å². The zero-order valence-electron chi connectivity index (χ0n) is 12.7. The van der Waals surface area contributed by atoms with E-state index >= 15 is 0 Å². The summed E-state index contributed by atoms with van der Waals surface area (Å²) in [6.45, 7) is 2.77. The molecular weight excluding hydrogens is 320 g/mol. The summed E-state index contributed by atoms with van der Waals surface area (Å²) in [5, 5.41) is 18.7. The van der Waals surface area contributed by atoms with Gasteiger partial charge in [0.05, 0.1) is 0 Å². The summed E-state index contributed by atoms with van der Waals surface area (Å²) < 4.78 is 36.2. The van der Waals surface area contributed by atoms with Gasteiger partial charge >= 0.3 is 0 Å². The van der Waals surface area contributed by atoms with Crippen molar-refractivity contribution in [2.75, 3.05) is 0 Å². The third-order valence-electron chi connectivity index (χ3n) is 2.87. The maximum absolute atomic E-state index is 12.9. The van der Waals surface area contributed by atoms with Crippen LogP contribution < -0.4 is 9.47 Å². The molecule has 0 saturated heterocycles. The molecule has 23 heavy (non-hydrogen) atoms. The van der Waals surface area contributed by atoms with Crippen LogP contribution in [0.1, 0.15) is 13.8 Å². The van der Waals surface area contributed by atoms with Crippen LogP contribution in [-0.4, -0.2) is 31.2 Å². The number of hydrogen-bond acceptors (Lipinski definition) is 6. The Labute approximate surface area is 134 Å². The van der Waals surface area contributed by atoms with Crippen molar-refractivity contribution in [3.05, 3.63) is 48.5 Å². The van der Waals surface area contributed by atoms with Gasteiger partial charge in [0.1, 0.15) is 21.3 Å². The average Bonchev–Trinajstić information content (AvgIpc) is 2.46. The van der Waals surface area contributed by atoms with Crippen molar-refractivity contribution >= 4 is 9.84 Å². The third kappa shape index (κ3) is 4.01. The van der Waals surface area contributed by atoms with E-state index in [9.17, 15) is 18.6 Å². The topological polar surface area (TPSA) is 93.1 Å². The highest BCUT2D eigenvalue weighted by Crippen LogP contribution is 2.34. The number of sulfone groups is 1. The normalized spacial score (nSPS) is 14.1. The van der Waals surface area contributed by atoms with Crippen molar-refractivity contribution < 1.29 is 28.1 Å². The highest BCUT2D eigenvalue weighted by Gasteiger charge is 2.26. The molecule has 0 radical (unpaired) electrons. The minimum Gasteiger partial charge on any atom is -0.464 e. The number of rotatable bonds is 6. The molecule has 0 heterocycles. The molecule has 0 amide bonds. The predicted molar refractivity (Wildman–Crippen MR) is 83.0 cm³/mol. The lowest BCUT2D eigenvalue weighted by Gasteiger charge is -2.16. The van der Waals surface area contributed by atoms with Crippen LogP contribution in [0.3, 0.4) is 0 Å². The minimum absolute atomic E-state index is 0.0364. The molecule has 124 valence electrons. The Bertz CT molecular complexity index is 708. The molecule has 2 atom stereocenters. The van der Waals surface area contributed by atoms with Gasteiger partial charge in [-0.1, -0.05) is 24.3 Å². The Morgan fingerprint density at radius 2 is 1.13 bits per heavy atom. The van der Waals surface area contributed by atoms with Crippen LogP contribution in [0.5, 0.6) is 11.5 Å². The molecule has 0 bridgehead atoms. The van der Waals surface area contributed by atoms with E-state index in [1.165, 1.54) is 38.1 Å². The van der Waals surface area contributed by atoms with Gasteiger partial charge in [0.2, 0.25) is 9.84 Å². The fourth-order valence-corrected chi connectivity index (χ4v) is 3.54. The first kappa shape index (κ1) is 17.3. The van der Waals surface area contributed by atoms with Gasteiger partial charge in [-0.25, -0.2) is 8.42 Å². The van der Waals surface area contributed by atoms with Crippen LogP contribution in [-0.2, 0) is 9.84 Å². The third-order valence-corrected chi connectivity index (χ3v) is 4.70. The first-order valence-electron chi connectivity index (χ1n) is 6.95. The standard InChI is InChI=1S/C16H18O6S/c1-11(17)21-13-7-3-5-9-15(13)23(19,20)16-10-6-4-8-14(16)22-12(2)18/h3-12,17-18H,1-2H3. The molecule has 7 heteroatoms. The summed E-state index contributed by atoms with van der Waals surface area (Å²) in [6, 6.07) is 12.0. The lowest BCUT2D eigenvalue weighted by Crippen LogP contribution is -2.15. The number of ether oxygens (including phenoxy) is 2. The molecule has 2 unspecified atom stereocenters. The van der Waals surface area contributed by atoms with E-state index in [-0.39, 0.29) is 21.3 Å². The maximum atomic E-state index is 12.9. The van der Waals surface area contributed by atoms with Gasteiger partial charge in [0.25, 0.3) is 0 Å². The number of aliphatic hydroxyl groups excluding tert-OH is 2. The van der Waals surface area contributed by atoms with E-state index in [4.69, 9.17) is 9.47 Å². The number of benzene rings is 2. The smallest absolute Gasteiger partial charge is 0.213 e. The highest BCUT2D eigenvalue weighted by molar-refractivity contribution is 7.91. The zero-order valence-corrected chi connectivity index (χ0v) is 13.5. The van der Waals surface area contributed by atoms with Gasteiger partial charge in [0.15, 0.2) is 12.6 Å². The van der Waals surface area contributed by atoms with E-state index in [1.807, 2.05) is 0 Å². The van der Waals surface area contributed by atoms with Crippen molar-refractivity contribution in [2.24, 2.45) is 0 Å². The molecule has 0 aliphatic heterocycles. The van der Waals surface area contributed by atoms with Crippen molar-refractivity contribution in [1.82, 2.24) is 0 Å². The average molecular weight is 338 g/mol. The molecule has 0 aliphatic carbocycles. The van der Waals surface area contributed by atoms with Crippen LogP contribution in [0, 0.1) is 0 Å². The highest BCUT2D eigenvalue weighted by atomic mass is 32.2. The van der Waals surface area contributed by atoms with Crippen LogP contribution in [0.2, 0.25) is 0 Å². The van der Waals surface area contributed by atoms with E-state index in [0.717, 1.165) is 0 Å². The van der Waals surface area contributed by atoms with E-state index < -0.39 is 22.4 Å². The zero-order chi connectivity index (χ0) is 17.0. The monoisotopic (exact) mass is 338 g/mol. The Morgan fingerprint density at radius 3 is 1.48 bits per heavy atom. The molecule has 2 aromatic carbocycles.